The van der Waals surface area contributed by atoms with Crippen LogP contribution in [0.4, 0.5) is 17.6 Å². The fourth-order valence-electron chi connectivity index (χ4n) is 2.56. The van der Waals surface area contributed by atoms with Crippen LogP contribution in [0.15, 0.2) is 24.3 Å². The number of carbonyl (C=O) groups is 1. The minimum atomic E-state index is -4.45. The number of hydrogen-bond donors (Lipinski definition) is 0. The summed E-state index contributed by atoms with van der Waals surface area (Å²) in [5.74, 6) is -1.07. The highest BCUT2D eigenvalue weighted by Crippen LogP contribution is 2.42. The molecule has 1 aliphatic heterocycles. The van der Waals surface area contributed by atoms with E-state index in [2.05, 4.69) is 15.9 Å². The SMILES string of the molecule is O=C(CBr)N1C(c2ccc(F)cc2)CC[C@@H]1C(F)(F)F. The Morgan fingerprint density at radius 2 is 1.85 bits per heavy atom. The first-order chi connectivity index (χ1) is 9.34. The summed E-state index contributed by atoms with van der Waals surface area (Å²) in [6.45, 7) is 0. The summed E-state index contributed by atoms with van der Waals surface area (Å²) in [5.41, 5.74) is 0.521. The molecule has 0 bridgehead atoms. The molecule has 1 fully saturated rings. The quantitative estimate of drug-likeness (QED) is 0.584. The van der Waals surface area contributed by atoms with Crippen LogP contribution in [0.2, 0.25) is 0 Å². The van der Waals surface area contributed by atoms with E-state index in [1.807, 2.05) is 0 Å². The molecule has 2 rings (SSSR count). The molecule has 0 aliphatic carbocycles. The molecule has 1 aliphatic rings. The number of nitrogens with zero attached hydrogens (tertiary/aromatic N) is 1. The van der Waals surface area contributed by atoms with Crippen molar-refractivity contribution in [1.82, 2.24) is 4.90 Å². The van der Waals surface area contributed by atoms with Gasteiger partial charge in [0.05, 0.1) is 11.4 Å². The third-order valence-corrected chi connectivity index (χ3v) is 3.90. The lowest BCUT2D eigenvalue weighted by Gasteiger charge is -2.31. The van der Waals surface area contributed by atoms with E-state index in [4.69, 9.17) is 0 Å². The molecule has 1 amide bonds. The van der Waals surface area contributed by atoms with E-state index in [1.54, 1.807) is 0 Å². The van der Waals surface area contributed by atoms with E-state index in [0.29, 0.717) is 5.56 Å². The normalized spacial score (nSPS) is 23.1. The van der Waals surface area contributed by atoms with Gasteiger partial charge in [0.25, 0.3) is 0 Å². The summed E-state index contributed by atoms with van der Waals surface area (Å²) in [6.07, 6.45) is -4.37. The van der Waals surface area contributed by atoms with E-state index >= 15 is 0 Å². The Morgan fingerprint density at radius 3 is 2.35 bits per heavy atom. The third kappa shape index (κ3) is 2.97. The van der Waals surface area contributed by atoms with Gasteiger partial charge in [-0.25, -0.2) is 4.39 Å². The Balaban J connectivity index is 2.33. The first-order valence-corrected chi connectivity index (χ1v) is 7.16. The van der Waals surface area contributed by atoms with E-state index < -0.39 is 30.0 Å². The van der Waals surface area contributed by atoms with E-state index in [-0.39, 0.29) is 18.2 Å². The molecule has 20 heavy (non-hydrogen) atoms. The minimum absolute atomic E-state index is 0.135. The summed E-state index contributed by atoms with van der Waals surface area (Å²) >= 11 is 2.91. The van der Waals surface area contributed by atoms with Crippen LogP contribution in [0.5, 0.6) is 0 Å². The lowest BCUT2D eigenvalue weighted by Crippen LogP contribution is -2.46. The number of benzene rings is 1. The van der Waals surface area contributed by atoms with Crippen molar-refractivity contribution in [2.45, 2.75) is 31.1 Å². The molecular formula is C13H12BrF4NO. The van der Waals surface area contributed by atoms with Crippen LogP contribution >= 0.6 is 15.9 Å². The molecule has 110 valence electrons. The van der Waals surface area contributed by atoms with Crippen LogP contribution in [-0.2, 0) is 4.79 Å². The molecule has 1 aromatic carbocycles. The van der Waals surface area contributed by atoms with Gasteiger partial charge in [-0.05, 0) is 30.5 Å². The Morgan fingerprint density at radius 1 is 1.25 bits per heavy atom. The van der Waals surface area contributed by atoms with Crippen molar-refractivity contribution in [2.24, 2.45) is 0 Å². The molecule has 0 saturated carbocycles. The molecule has 2 atom stereocenters. The number of carbonyl (C=O) groups excluding carboxylic acids is 1. The molecule has 1 heterocycles. The average molecular weight is 354 g/mol. The van der Waals surface area contributed by atoms with Crippen molar-refractivity contribution in [3.8, 4) is 0 Å². The monoisotopic (exact) mass is 353 g/mol. The molecule has 0 radical (unpaired) electrons. The zero-order valence-electron chi connectivity index (χ0n) is 10.3. The number of alkyl halides is 4. The summed E-state index contributed by atoms with van der Waals surface area (Å²) in [4.78, 5) is 12.7. The second kappa shape index (κ2) is 5.71. The number of likely N-dealkylation sites (tertiary alicyclic amines) is 1. The van der Waals surface area contributed by atoms with Crippen molar-refractivity contribution in [3.63, 3.8) is 0 Å². The Labute approximate surface area is 121 Å². The maximum absolute atomic E-state index is 13.0. The van der Waals surface area contributed by atoms with Crippen LogP contribution < -0.4 is 0 Å². The third-order valence-electron chi connectivity index (χ3n) is 3.42. The first-order valence-electron chi connectivity index (χ1n) is 6.04. The lowest BCUT2D eigenvalue weighted by molar-refractivity contribution is -0.185. The fraction of sp³-hybridized carbons (Fsp3) is 0.462. The van der Waals surface area contributed by atoms with Gasteiger partial charge < -0.3 is 4.90 Å². The predicted molar refractivity (Wildman–Crippen MR) is 68.9 cm³/mol. The predicted octanol–water partition coefficient (Wildman–Crippen LogP) is 3.82. The molecular weight excluding hydrogens is 342 g/mol. The molecule has 0 spiro atoms. The van der Waals surface area contributed by atoms with Gasteiger partial charge in [0.15, 0.2) is 0 Å². The smallest absolute Gasteiger partial charge is 0.323 e. The van der Waals surface area contributed by atoms with Crippen molar-refractivity contribution in [3.05, 3.63) is 35.6 Å². The minimum Gasteiger partial charge on any atom is -0.323 e. The molecule has 2 nitrogen and oxygen atoms in total. The first kappa shape index (κ1) is 15.3. The average Bonchev–Trinajstić information content (AvgIpc) is 2.83. The van der Waals surface area contributed by atoms with E-state index in [1.165, 1.54) is 24.3 Å². The van der Waals surface area contributed by atoms with Crippen LogP contribution in [0.1, 0.15) is 24.4 Å². The molecule has 0 N–H and O–H groups in total. The van der Waals surface area contributed by atoms with Crippen LogP contribution in [0, 0.1) is 5.82 Å². The topological polar surface area (TPSA) is 20.3 Å². The molecule has 7 heteroatoms. The highest BCUT2D eigenvalue weighted by molar-refractivity contribution is 9.09. The van der Waals surface area contributed by atoms with Crippen molar-refractivity contribution in [2.75, 3.05) is 5.33 Å². The zero-order chi connectivity index (χ0) is 14.9. The van der Waals surface area contributed by atoms with Gasteiger partial charge in [0.1, 0.15) is 11.9 Å². The maximum atomic E-state index is 13.0. The Hall–Kier alpha value is -1.11. The van der Waals surface area contributed by atoms with Gasteiger partial charge >= 0.3 is 6.18 Å². The van der Waals surface area contributed by atoms with Gasteiger partial charge in [-0.3, -0.25) is 4.79 Å². The number of halogens is 5. The maximum Gasteiger partial charge on any atom is 0.408 e. The summed E-state index contributed by atoms with van der Waals surface area (Å²) < 4.78 is 51.9. The Kier molecular flexibility index (Phi) is 4.36. The van der Waals surface area contributed by atoms with Crippen LogP contribution in [0.3, 0.4) is 0 Å². The number of amides is 1. The van der Waals surface area contributed by atoms with Crippen LogP contribution in [-0.4, -0.2) is 28.4 Å². The molecule has 1 unspecified atom stereocenters. The second-order valence-corrected chi connectivity index (χ2v) is 5.20. The van der Waals surface area contributed by atoms with E-state index in [0.717, 1.165) is 4.90 Å². The molecule has 0 aromatic heterocycles. The van der Waals surface area contributed by atoms with Gasteiger partial charge in [0, 0.05) is 0 Å². The highest BCUT2D eigenvalue weighted by Gasteiger charge is 2.51. The van der Waals surface area contributed by atoms with Crippen molar-refractivity contribution >= 4 is 21.8 Å². The zero-order valence-corrected chi connectivity index (χ0v) is 11.9. The lowest BCUT2D eigenvalue weighted by atomic mass is 10.0. The molecule has 1 aromatic rings. The van der Waals surface area contributed by atoms with Gasteiger partial charge in [-0.2, -0.15) is 13.2 Å². The van der Waals surface area contributed by atoms with Crippen LogP contribution in [0.25, 0.3) is 0 Å². The van der Waals surface area contributed by atoms with Crippen molar-refractivity contribution in [1.29, 1.82) is 0 Å². The standard InChI is InChI=1S/C13H12BrF4NO/c14-7-12(20)19-10(5-6-11(19)13(16,17)18)8-1-3-9(15)4-2-8/h1-4,10-11H,5-7H2/t10?,11-/m1/s1. The van der Waals surface area contributed by atoms with E-state index in [9.17, 15) is 22.4 Å². The summed E-state index contributed by atoms with van der Waals surface area (Å²) in [6, 6.07) is 2.79. The number of rotatable bonds is 2. The summed E-state index contributed by atoms with van der Waals surface area (Å²) in [7, 11) is 0. The van der Waals surface area contributed by atoms with Gasteiger partial charge in [-0.15, -0.1) is 0 Å². The molecule has 1 saturated heterocycles. The largest absolute Gasteiger partial charge is 0.408 e. The van der Waals surface area contributed by atoms with Gasteiger partial charge in [-0.1, -0.05) is 28.1 Å². The number of hydrogen-bond acceptors (Lipinski definition) is 1. The van der Waals surface area contributed by atoms with Crippen molar-refractivity contribution < 1.29 is 22.4 Å². The second-order valence-electron chi connectivity index (χ2n) is 4.64. The van der Waals surface area contributed by atoms with Gasteiger partial charge in [0.2, 0.25) is 5.91 Å². The summed E-state index contributed by atoms with van der Waals surface area (Å²) in [5, 5.41) is -0.169. The fourth-order valence-corrected chi connectivity index (χ4v) is 2.85. The Bertz CT molecular complexity index is 488. The highest BCUT2D eigenvalue weighted by atomic mass is 79.9.